The SMILES string of the molecule is NC1CCCN(c2nc3c(c(-c4c[nH]c5ccccc45)n2)CCN(C(=O)C2(C(F)(F)F)CC2)C3)C1. The molecule has 0 spiro atoms. The largest absolute Gasteiger partial charge is 0.403 e. The molecule has 1 unspecified atom stereocenters. The molecule has 1 aliphatic carbocycles. The number of hydrogen-bond donors (Lipinski definition) is 2. The predicted molar refractivity (Wildman–Crippen MR) is 126 cm³/mol. The third-order valence-corrected chi connectivity index (χ3v) is 7.63. The van der Waals surface area contributed by atoms with Crippen molar-refractivity contribution in [2.45, 2.75) is 50.9 Å². The number of hydrogen-bond acceptors (Lipinski definition) is 5. The summed E-state index contributed by atoms with van der Waals surface area (Å²) in [6, 6.07) is 7.94. The summed E-state index contributed by atoms with van der Waals surface area (Å²) in [5.74, 6) is -0.310. The molecule has 1 saturated heterocycles. The van der Waals surface area contributed by atoms with E-state index in [2.05, 4.69) is 4.98 Å². The van der Waals surface area contributed by atoms with Gasteiger partial charge in [0.1, 0.15) is 5.41 Å². The van der Waals surface area contributed by atoms with Crippen LogP contribution in [0.1, 0.15) is 36.9 Å². The maximum Gasteiger partial charge on any atom is 0.403 e. The highest BCUT2D eigenvalue weighted by molar-refractivity contribution is 5.95. The normalized spacial score (nSPS) is 21.8. The summed E-state index contributed by atoms with van der Waals surface area (Å²) < 4.78 is 40.9. The number of rotatable bonds is 3. The van der Waals surface area contributed by atoms with Gasteiger partial charge in [-0.3, -0.25) is 4.79 Å². The molecule has 3 aromatic rings. The van der Waals surface area contributed by atoms with Crippen molar-refractivity contribution < 1.29 is 18.0 Å². The number of carbonyl (C=O) groups excluding carboxylic acids is 1. The van der Waals surface area contributed by atoms with E-state index >= 15 is 0 Å². The number of para-hydroxylation sites is 1. The lowest BCUT2D eigenvalue weighted by Gasteiger charge is -2.35. The van der Waals surface area contributed by atoms with Gasteiger partial charge in [0.05, 0.1) is 17.9 Å². The van der Waals surface area contributed by atoms with Crippen molar-refractivity contribution >= 4 is 22.8 Å². The Bertz CT molecular complexity index is 1300. The van der Waals surface area contributed by atoms with Crippen molar-refractivity contribution in [2.75, 3.05) is 24.5 Å². The van der Waals surface area contributed by atoms with Crippen LogP contribution in [0.25, 0.3) is 22.2 Å². The van der Waals surface area contributed by atoms with Crippen LogP contribution >= 0.6 is 0 Å². The summed E-state index contributed by atoms with van der Waals surface area (Å²) in [5.41, 5.74) is 8.16. The molecular weight excluding hydrogens is 457 g/mol. The van der Waals surface area contributed by atoms with E-state index in [9.17, 15) is 18.0 Å². The van der Waals surface area contributed by atoms with Crippen molar-refractivity contribution in [1.82, 2.24) is 19.9 Å². The molecule has 0 bridgehead atoms. The van der Waals surface area contributed by atoms with Crippen molar-refractivity contribution in [1.29, 1.82) is 0 Å². The fourth-order valence-corrected chi connectivity index (χ4v) is 5.46. The van der Waals surface area contributed by atoms with Crippen LogP contribution in [0.4, 0.5) is 19.1 Å². The first kappa shape index (κ1) is 22.3. The number of nitrogens with zero attached hydrogens (tertiary/aromatic N) is 4. The van der Waals surface area contributed by atoms with Gasteiger partial charge in [0.25, 0.3) is 0 Å². The van der Waals surface area contributed by atoms with Crippen LogP contribution in [0, 0.1) is 5.41 Å². The zero-order valence-corrected chi connectivity index (χ0v) is 19.2. The maximum absolute atomic E-state index is 13.6. The van der Waals surface area contributed by atoms with Gasteiger partial charge >= 0.3 is 6.18 Å². The summed E-state index contributed by atoms with van der Waals surface area (Å²) in [7, 11) is 0. The van der Waals surface area contributed by atoms with Gasteiger partial charge < -0.3 is 20.5 Å². The fourth-order valence-electron chi connectivity index (χ4n) is 5.46. The number of amides is 1. The first-order chi connectivity index (χ1) is 16.8. The van der Waals surface area contributed by atoms with Crippen LogP contribution in [0.15, 0.2) is 30.5 Å². The maximum atomic E-state index is 13.6. The average molecular weight is 485 g/mol. The number of nitrogens with two attached hydrogens (primary N) is 1. The summed E-state index contributed by atoms with van der Waals surface area (Å²) in [5, 5.41) is 1.02. The lowest BCUT2D eigenvalue weighted by atomic mass is 9.96. The summed E-state index contributed by atoms with van der Waals surface area (Å²) in [4.78, 5) is 29.4. The Morgan fingerprint density at radius 3 is 2.71 bits per heavy atom. The Labute approximate surface area is 200 Å². The smallest absolute Gasteiger partial charge is 0.360 e. The molecule has 6 rings (SSSR count). The molecule has 2 aromatic heterocycles. The molecular formula is C25H27F3N6O. The zero-order chi connectivity index (χ0) is 24.4. The Kier molecular flexibility index (Phi) is 5.07. The Balaban J connectivity index is 1.42. The zero-order valence-electron chi connectivity index (χ0n) is 19.2. The number of benzene rings is 1. The molecule has 1 aromatic carbocycles. The number of carbonyl (C=O) groups is 1. The van der Waals surface area contributed by atoms with Gasteiger partial charge in [0, 0.05) is 53.9 Å². The van der Waals surface area contributed by atoms with E-state index in [-0.39, 0.29) is 32.0 Å². The van der Waals surface area contributed by atoms with E-state index in [1.54, 1.807) is 0 Å². The Hall–Kier alpha value is -3.14. The van der Waals surface area contributed by atoms with Crippen molar-refractivity contribution in [3.63, 3.8) is 0 Å². The number of fused-ring (bicyclic) bond motifs is 2. The minimum absolute atomic E-state index is 0.0134. The molecule has 3 N–H and O–H groups in total. The minimum Gasteiger partial charge on any atom is -0.360 e. The molecule has 2 fully saturated rings. The van der Waals surface area contributed by atoms with Crippen LogP contribution in [-0.2, 0) is 17.8 Å². The highest BCUT2D eigenvalue weighted by Gasteiger charge is 2.69. The first-order valence-electron chi connectivity index (χ1n) is 12.1. The number of H-pyrrole nitrogens is 1. The van der Waals surface area contributed by atoms with Gasteiger partial charge in [-0.05, 0) is 38.2 Å². The quantitative estimate of drug-likeness (QED) is 0.591. The second-order valence-electron chi connectivity index (χ2n) is 9.95. The van der Waals surface area contributed by atoms with E-state index in [0.717, 1.165) is 47.1 Å². The van der Waals surface area contributed by atoms with Crippen molar-refractivity contribution in [3.05, 3.63) is 41.7 Å². The molecule has 0 radical (unpaired) electrons. The lowest BCUT2D eigenvalue weighted by molar-refractivity contribution is -0.199. The van der Waals surface area contributed by atoms with E-state index < -0.39 is 17.5 Å². The number of alkyl halides is 3. The molecule has 4 heterocycles. The van der Waals surface area contributed by atoms with Crippen LogP contribution in [0.2, 0.25) is 0 Å². The summed E-state index contributed by atoms with van der Waals surface area (Å²) in [6.45, 7) is 1.65. The average Bonchev–Trinajstić information content (AvgIpc) is 3.57. The van der Waals surface area contributed by atoms with E-state index in [0.29, 0.717) is 24.6 Å². The highest BCUT2D eigenvalue weighted by Crippen LogP contribution is 2.59. The third-order valence-electron chi connectivity index (χ3n) is 7.63. The van der Waals surface area contributed by atoms with Gasteiger partial charge in [0.15, 0.2) is 0 Å². The Morgan fingerprint density at radius 1 is 1.17 bits per heavy atom. The first-order valence-corrected chi connectivity index (χ1v) is 12.1. The fraction of sp³-hybridized carbons (Fsp3) is 0.480. The van der Waals surface area contributed by atoms with E-state index in [1.165, 1.54) is 4.90 Å². The van der Waals surface area contributed by atoms with Crippen molar-refractivity contribution in [3.8, 4) is 11.3 Å². The molecule has 35 heavy (non-hydrogen) atoms. The number of nitrogens with one attached hydrogen (secondary N) is 1. The molecule has 1 amide bonds. The number of anilines is 1. The lowest BCUT2D eigenvalue weighted by Crippen LogP contribution is -2.47. The number of halogens is 3. The molecule has 184 valence electrons. The van der Waals surface area contributed by atoms with E-state index in [4.69, 9.17) is 15.7 Å². The summed E-state index contributed by atoms with van der Waals surface area (Å²) >= 11 is 0. The molecule has 10 heteroatoms. The third kappa shape index (κ3) is 3.65. The number of aromatic amines is 1. The van der Waals surface area contributed by atoms with Crippen LogP contribution in [-0.4, -0.2) is 57.6 Å². The van der Waals surface area contributed by atoms with Gasteiger partial charge in [-0.2, -0.15) is 13.2 Å². The molecule has 3 aliphatic rings. The molecule has 1 atom stereocenters. The van der Waals surface area contributed by atoms with Gasteiger partial charge in [-0.1, -0.05) is 18.2 Å². The topological polar surface area (TPSA) is 91.1 Å². The van der Waals surface area contributed by atoms with Crippen molar-refractivity contribution in [2.24, 2.45) is 11.1 Å². The summed E-state index contributed by atoms with van der Waals surface area (Å²) in [6.07, 6.45) is -0.634. The molecule has 1 saturated carbocycles. The van der Waals surface area contributed by atoms with Crippen LogP contribution < -0.4 is 10.6 Å². The number of aromatic nitrogens is 3. The number of piperidine rings is 1. The van der Waals surface area contributed by atoms with Gasteiger partial charge in [0.2, 0.25) is 11.9 Å². The molecule has 2 aliphatic heterocycles. The minimum atomic E-state index is -4.53. The monoisotopic (exact) mass is 484 g/mol. The van der Waals surface area contributed by atoms with Crippen LogP contribution in [0.3, 0.4) is 0 Å². The second kappa shape index (κ2) is 7.94. The molecule has 7 nitrogen and oxygen atoms in total. The predicted octanol–water partition coefficient (Wildman–Crippen LogP) is 3.78. The van der Waals surface area contributed by atoms with Gasteiger partial charge in [-0.15, -0.1) is 0 Å². The van der Waals surface area contributed by atoms with Gasteiger partial charge in [-0.25, -0.2) is 9.97 Å². The van der Waals surface area contributed by atoms with Crippen LogP contribution in [0.5, 0.6) is 0 Å². The highest BCUT2D eigenvalue weighted by atomic mass is 19.4. The second-order valence-corrected chi connectivity index (χ2v) is 9.95. The Morgan fingerprint density at radius 2 is 1.97 bits per heavy atom. The standard InChI is InChI=1S/C25H27F3N6O/c26-25(27,28)24(8-9-24)22(35)33-11-7-17-20(14-33)31-23(34-10-3-4-15(29)13-34)32-21(17)18-12-30-19-6-2-1-5-16(18)19/h1-2,5-6,12,15,30H,3-4,7-11,13-14,29H2. The van der Waals surface area contributed by atoms with E-state index in [1.807, 2.05) is 35.4 Å².